The van der Waals surface area contributed by atoms with E-state index in [-0.39, 0.29) is 29.5 Å². The molecule has 0 radical (unpaired) electrons. The number of carbonyl (C=O) groups is 2. The number of benzene rings is 2. The van der Waals surface area contributed by atoms with Gasteiger partial charge in [-0.25, -0.2) is 4.39 Å². The van der Waals surface area contributed by atoms with E-state index < -0.39 is 6.04 Å². The van der Waals surface area contributed by atoms with Gasteiger partial charge in [0.05, 0.1) is 17.9 Å². The third-order valence-corrected chi connectivity index (χ3v) is 8.16. The minimum absolute atomic E-state index is 0.00512. The number of halogens is 1. The van der Waals surface area contributed by atoms with Crippen molar-refractivity contribution < 1.29 is 18.4 Å². The summed E-state index contributed by atoms with van der Waals surface area (Å²) in [5.41, 5.74) is 4.10. The van der Waals surface area contributed by atoms with Crippen LogP contribution in [0.5, 0.6) is 0 Å². The summed E-state index contributed by atoms with van der Waals surface area (Å²) in [4.78, 5) is 33.7. The van der Waals surface area contributed by atoms with Crippen LogP contribution < -0.4 is 15.1 Å². The Kier molecular flexibility index (Phi) is 6.64. The first-order valence-electron chi connectivity index (χ1n) is 13.9. The molecule has 3 heterocycles. The number of piperazine rings is 1. The number of amides is 1. The first-order chi connectivity index (χ1) is 19.2. The third kappa shape index (κ3) is 4.98. The van der Waals surface area contributed by atoms with Crippen LogP contribution in [0.1, 0.15) is 44.3 Å². The molecule has 1 unspecified atom stereocenters. The molecule has 0 spiro atoms. The molecule has 3 aromatic rings. The number of anilines is 3. The summed E-state index contributed by atoms with van der Waals surface area (Å²) in [5, 5.41) is 3.58. The Morgan fingerprint density at radius 2 is 1.73 bits per heavy atom. The molecule has 1 N–H and O–H groups in total. The number of para-hydroxylation sites is 2. The van der Waals surface area contributed by atoms with Gasteiger partial charge in [0, 0.05) is 49.6 Å². The number of hydrogen-bond acceptors (Lipinski definition) is 6. The van der Waals surface area contributed by atoms with Crippen LogP contribution in [0, 0.1) is 18.2 Å². The van der Waals surface area contributed by atoms with E-state index in [4.69, 9.17) is 4.42 Å². The van der Waals surface area contributed by atoms with E-state index in [1.807, 2.05) is 53.1 Å². The molecule has 1 aromatic heterocycles. The molecule has 6 rings (SSSR count). The monoisotopic (exact) mass is 542 g/mol. The quantitative estimate of drug-likeness (QED) is 0.457. The van der Waals surface area contributed by atoms with Crippen molar-refractivity contribution in [3.8, 4) is 0 Å². The minimum atomic E-state index is -0.520. The van der Waals surface area contributed by atoms with Gasteiger partial charge < -0.3 is 24.4 Å². The standard InChI is InChI=1S/C32H35FN4O3/c1-21-8-13-28(40-21)31-30-25(18-32(2,3)19-27(30)38)34-24-6-4-5-7-26(24)37(31)20-29(39)36-16-14-35(15-17-36)23-11-9-22(33)10-12-23/h4-13,31,34H,14-20H2,1-3H3. The SMILES string of the molecule is Cc1ccc(C2C3=C(CC(C)(C)CC3=O)Nc3ccccc3N2CC(=O)N2CCN(c3ccc(F)cc3)CC2)o1. The first-order valence-corrected chi connectivity index (χ1v) is 13.9. The highest BCUT2D eigenvalue weighted by Crippen LogP contribution is 2.48. The van der Waals surface area contributed by atoms with Crippen molar-refractivity contribution in [1.82, 2.24) is 4.90 Å². The zero-order chi connectivity index (χ0) is 28.0. The summed E-state index contributed by atoms with van der Waals surface area (Å²) in [6, 6.07) is 17.7. The number of nitrogens with zero attached hydrogens (tertiary/aromatic N) is 3. The normalized spacial score (nSPS) is 20.6. The van der Waals surface area contributed by atoms with Gasteiger partial charge in [0.1, 0.15) is 23.4 Å². The molecule has 1 aliphatic carbocycles. The van der Waals surface area contributed by atoms with E-state index in [0.717, 1.165) is 34.9 Å². The van der Waals surface area contributed by atoms with E-state index in [9.17, 15) is 14.0 Å². The first kappa shape index (κ1) is 26.2. The van der Waals surface area contributed by atoms with Crippen molar-refractivity contribution in [3.63, 3.8) is 0 Å². The lowest BCUT2D eigenvalue weighted by Crippen LogP contribution is -2.52. The van der Waals surface area contributed by atoms with Gasteiger partial charge in [-0.05, 0) is 67.3 Å². The Hall–Kier alpha value is -4.07. The molecule has 1 atom stereocenters. The molecule has 2 aromatic carbocycles. The fraction of sp³-hybridized carbons (Fsp3) is 0.375. The van der Waals surface area contributed by atoms with Crippen molar-refractivity contribution in [2.75, 3.05) is 47.8 Å². The van der Waals surface area contributed by atoms with Crippen molar-refractivity contribution in [2.24, 2.45) is 5.41 Å². The predicted molar refractivity (Wildman–Crippen MR) is 154 cm³/mol. The van der Waals surface area contributed by atoms with Gasteiger partial charge in [-0.15, -0.1) is 0 Å². The zero-order valence-electron chi connectivity index (χ0n) is 23.2. The number of allylic oxidation sites excluding steroid dienone is 1. The van der Waals surface area contributed by atoms with Crippen LogP contribution in [0.25, 0.3) is 0 Å². The van der Waals surface area contributed by atoms with Crippen LogP contribution in [0.3, 0.4) is 0 Å². The van der Waals surface area contributed by atoms with Crippen LogP contribution in [0.15, 0.2) is 76.4 Å². The second kappa shape index (κ2) is 10.2. The molecule has 3 aliphatic rings. The number of Topliss-reactive ketones (excluding diaryl/α,β-unsaturated/α-hetero) is 1. The Morgan fingerprint density at radius 1 is 1.00 bits per heavy atom. The van der Waals surface area contributed by atoms with Gasteiger partial charge in [0.15, 0.2) is 5.78 Å². The van der Waals surface area contributed by atoms with Gasteiger partial charge in [0.2, 0.25) is 5.91 Å². The predicted octanol–water partition coefficient (Wildman–Crippen LogP) is 5.69. The van der Waals surface area contributed by atoms with Gasteiger partial charge in [-0.2, -0.15) is 0 Å². The molecule has 7 nitrogen and oxygen atoms in total. The minimum Gasteiger partial charge on any atom is -0.464 e. The number of carbonyl (C=O) groups excluding carboxylic acids is 2. The summed E-state index contributed by atoms with van der Waals surface area (Å²) in [6.07, 6.45) is 1.17. The molecule has 40 heavy (non-hydrogen) atoms. The molecule has 0 saturated carbocycles. The molecular weight excluding hydrogens is 507 g/mol. The van der Waals surface area contributed by atoms with E-state index in [2.05, 4.69) is 24.1 Å². The lowest BCUT2D eigenvalue weighted by Gasteiger charge is -2.39. The molecule has 1 fully saturated rings. The van der Waals surface area contributed by atoms with E-state index >= 15 is 0 Å². The largest absolute Gasteiger partial charge is 0.464 e. The Bertz CT molecular complexity index is 1470. The summed E-state index contributed by atoms with van der Waals surface area (Å²) in [6.45, 7) is 8.69. The fourth-order valence-corrected chi connectivity index (χ4v) is 6.24. The van der Waals surface area contributed by atoms with Crippen molar-refractivity contribution in [3.05, 3.63) is 89.3 Å². The molecule has 0 bridgehead atoms. The molecule has 208 valence electrons. The average molecular weight is 543 g/mol. The Morgan fingerprint density at radius 3 is 2.42 bits per heavy atom. The number of fused-ring (bicyclic) bond motifs is 1. The topological polar surface area (TPSA) is 69.0 Å². The van der Waals surface area contributed by atoms with Crippen LogP contribution >= 0.6 is 0 Å². The molecule has 8 heteroatoms. The van der Waals surface area contributed by atoms with Crippen LogP contribution in [-0.4, -0.2) is 49.3 Å². The average Bonchev–Trinajstić information content (AvgIpc) is 3.30. The molecule has 1 saturated heterocycles. The Labute approximate surface area is 234 Å². The molecular formula is C32H35FN4O3. The lowest BCUT2D eigenvalue weighted by molar-refractivity contribution is -0.130. The number of nitrogens with one attached hydrogen (secondary N) is 1. The van der Waals surface area contributed by atoms with Gasteiger partial charge in [-0.1, -0.05) is 26.0 Å². The number of furan rings is 1. The van der Waals surface area contributed by atoms with Crippen LogP contribution in [0.4, 0.5) is 21.5 Å². The lowest BCUT2D eigenvalue weighted by atomic mass is 9.74. The van der Waals surface area contributed by atoms with Gasteiger partial charge >= 0.3 is 0 Å². The van der Waals surface area contributed by atoms with Crippen molar-refractivity contribution in [2.45, 2.75) is 39.7 Å². The van der Waals surface area contributed by atoms with Gasteiger partial charge in [0.25, 0.3) is 0 Å². The maximum Gasteiger partial charge on any atom is 0.242 e. The zero-order valence-corrected chi connectivity index (χ0v) is 23.2. The highest BCUT2D eigenvalue weighted by atomic mass is 19.1. The summed E-state index contributed by atoms with van der Waals surface area (Å²) in [7, 11) is 0. The number of ketones is 1. The number of hydrogen-bond donors (Lipinski definition) is 1. The van der Waals surface area contributed by atoms with Crippen molar-refractivity contribution in [1.29, 1.82) is 0 Å². The van der Waals surface area contributed by atoms with E-state index in [1.165, 1.54) is 12.1 Å². The maximum atomic E-state index is 13.9. The Balaban J connectivity index is 1.32. The summed E-state index contributed by atoms with van der Waals surface area (Å²) >= 11 is 0. The number of rotatable bonds is 4. The van der Waals surface area contributed by atoms with Gasteiger partial charge in [-0.3, -0.25) is 9.59 Å². The van der Waals surface area contributed by atoms with Crippen LogP contribution in [-0.2, 0) is 9.59 Å². The highest BCUT2D eigenvalue weighted by molar-refractivity contribution is 6.01. The summed E-state index contributed by atoms with van der Waals surface area (Å²) < 4.78 is 19.5. The smallest absolute Gasteiger partial charge is 0.242 e. The number of aryl methyl sites for hydroxylation is 1. The van der Waals surface area contributed by atoms with Crippen molar-refractivity contribution >= 4 is 28.8 Å². The second-order valence-corrected chi connectivity index (χ2v) is 11.8. The molecule has 1 amide bonds. The van der Waals surface area contributed by atoms with E-state index in [1.54, 1.807) is 12.1 Å². The van der Waals surface area contributed by atoms with E-state index in [0.29, 0.717) is 43.9 Å². The highest BCUT2D eigenvalue weighted by Gasteiger charge is 2.43. The third-order valence-electron chi connectivity index (χ3n) is 8.16. The second-order valence-electron chi connectivity index (χ2n) is 11.8. The summed E-state index contributed by atoms with van der Waals surface area (Å²) in [5.74, 6) is 1.23. The molecule has 2 aliphatic heterocycles. The van der Waals surface area contributed by atoms with Crippen LogP contribution in [0.2, 0.25) is 0 Å². The maximum absolute atomic E-state index is 13.9. The fourth-order valence-electron chi connectivity index (χ4n) is 6.24.